The molecular weight excluding hydrogens is 226 g/mol. The molecule has 0 heterocycles. The van der Waals surface area contributed by atoms with E-state index in [4.69, 9.17) is 0 Å². The van der Waals surface area contributed by atoms with E-state index >= 15 is 0 Å². The molecule has 1 rings (SSSR count). The summed E-state index contributed by atoms with van der Waals surface area (Å²) in [6.45, 7) is 6.39. The highest BCUT2D eigenvalue weighted by molar-refractivity contribution is 9.10. The Kier molecular flexibility index (Phi) is 3.94. The molecule has 1 aromatic rings. The summed E-state index contributed by atoms with van der Waals surface area (Å²) in [5, 5.41) is 0. The number of aryl methyl sites for hydroxylation is 1. The number of benzene rings is 1. The first-order valence-corrected chi connectivity index (χ1v) is 5.37. The van der Waals surface area contributed by atoms with Crippen molar-refractivity contribution in [3.8, 4) is 0 Å². The van der Waals surface area contributed by atoms with Gasteiger partial charge in [0.15, 0.2) is 0 Å². The molecule has 0 spiro atoms. The first-order valence-electron chi connectivity index (χ1n) is 4.57. The fraction of sp³-hybridized carbons (Fsp3) is 0.455. The van der Waals surface area contributed by atoms with Crippen LogP contribution in [0.3, 0.4) is 0 Å². The fourth-order valence-corrected chi connectivity index (χ4v) is 1.62. The van der Waals surface area contributed by atoms with E-state index in [1.54, 1.807) is 0 Å². The quantitative estimate of drug-likeness (QED) is 0.786. The van der Waals surface area contributed by atoms with Crippen LogP contribution in [0.1, 0.15) is 18.1 Å². The smallest absolute Gasteiger partial charge is 0.0249 e. The first-order chi connectivity index (χ1) is 6.15. The van der Waals surface area contributed by atoms with E-state index in [2.05, 4.69) is 59.9 Å². The van der Waals surface area contributed by atoms with E-state index in [-0.39, 0.29) is 0 Å². The van der Waals surface area contributed by atoms with Crippen LogP contribution in [0.2, 0.25) is 0 Å². The molecule has 0 fully saturated rings. The van der Waals surface area contributed by atoms with Crippen molar-refractivity contribution in [2.45, 2.75) is 20.4 Å². The Labute approximate surface area is 88.9 Å². The molecule has 13 heavy (non-hydrogen) atoms. The van der Waals surface area contributed by atoms with Crippen LogP contribution in [-0.2, 0) is 6.54 Å². The maximum Gasteiger partial charge on any atom is 0.0249 e. The van der Waals surface area contributed by atoms with Crippen LogP contribution in [0, 0.1) is 6.92 Å². The van der Waals surface area contributed by atoms with Gasteiger partial charge in [0, 0.05) is 11.0 Å². The zero-order valence-electron chi connectivity index (χ0n) is 8.47. The summed E-state index contributed by atoms with van der Waals surface area (Å²) in [4.78, 5) is 2.29. The number of halogens is 1. The molecule has 0 amide bonds. The van der Waals surface area contributed by atoms with Gasteiger partial charge in [-0.3, -0.25) is 0 Å². The van der Waals surface area contributed by atoms with Crippen LogP contribution < -0.4 is 0 Å². The Morgan fingerprint density at radius 3 is 2.69 bits per heavy atom. The van der Waals surface area contributed by atoms with Gasteiger partial charge in [-0.1, -0.05) is 41.1 Å². The Morgan fingerprint density at radius 2 is 2.08 bits per heavy atom. The normalized spacial score (nSPS) is 10.8. The molecule has 72 valence electrons. The minimum atomic E-state index is 1.01. The summed E-state index contributed by atoms with van der Waals surface area (Å²) < 4.78 is 1.25. The van der Waals surface area contributed by atoms with Crippen molar-refractivity contribution in [3.63, 3.8) is 0 Å². The van der Waals surface area contributed by atoms with Gasteiger partial charge in [0.05, 0.1) is 0 Å². The second-order valence-electron chi connectivity index (χ2n) is 3.38. The standard InChI is InChI=1S/C11H16BrN/c1-4-13(3)8-10-7-5-6-9(2)11(10)12/h5-7H,4,8H2,1-3H3. The molecule has 2 heteroatoms. The van der Waals surface area contributed by atoms with Gasteiger partial charge < -0.3 is 4.90 Å². The largest absolute Gasteiger partial charge is 0.302 e. The Bertz CT molecular complexity index is 283. The summed E-state index contributed by atoms with van der Waals surface area (Å²) in [5.41, 5.74) is 2.67. The molecule has 0 atom stereocenters. The van der Waals surface area contributed by atoms with Crippen molar-refractivity contribution in [1.82, 2.24) is 4.90 Å². The lowest BCUT2D eigenvalue weighted by molar-refractivity contribution is 0.345. The molecule has 0 aliphatic rings. The molecule has 1 aromatic carbocycles. The van der Waals surface area contributed by atoms with Crippen molar-refractivity contribution >= 4 is 15.9 Å². The average Bonchev–Trinajstić information content (AvgIpc) is 2.13. The van der Waals surface area contributed by atoms with E-state index in [0.717, 1.165) is 13.1 Å². The zero-order chi connectivity index (χ0) is 9.84. The predicted octanol–water partition coefficient (Wildman–Crippen LogP) is 3.21. The summed E-state index contributed by atoms with van der Waals surface area (Å²) >= 11 is 3.61. The summed E-state index contributed by atoms with van der Waals surface area (Å²) in [6, 6.07) is 6.40. The molecule has 0 saturated heterocycles. The van der Waals surface area contributed by atoms with Gasteiger partial charge in [-0.15, -0.1) is 0 Å². The lowest BCUT2D eigenvalue weighted by atomic mass is 10.1. The zero-order valence-corrected chi connectivity index (χ0v) is 10.1. The second kappa shape index (κ2) is 4.77. The molecule has 0 unspecified atom stereocenters. The van der Waals surface area contributed by atoms with Crippen LogP contribution in [0.25, 0.3) is 0 Å². The predicted molar refractivity (Wildman–Crippen MR) is 60.9 cm³/mol. The van der Waals surface area contributed by atoms with Crippen molar-refractivity contribution in [2.75, 3.05) is 13.6 Å². The van der Waals surface area contributed by atoms with Crippen molar-refractivity contribution in [1.29, 1.82) is 0 Å². The average molecular weight is 242 g/mol. The van der Waals surface area contributed by atoms with E-state index in [0.29, 0.717) is 0 Å². The number of hydrogen-bond acceptors (Lipinski definition) is 1. The van der Waals surface area contributed by atoms with Crippen molar-refractivity contribution in [3.05, 3.63) is 33.8 Å². The molecule has 0 N–H and O–H groups in total. The highest BCUT2D eigenvalue weighted by atomic mass is 79.9. The molecule has 0 bridgehead atoms. The van der Waals surface area contributed by atoms with Crippen LogP contribution in [0.5, 0.6) is 0 Å². The monoisotopic (exact) mass is 241 g/mol. The Balaban J connectivity index is 2.83. The molecule has 0 aliphatic carbocycles. The molecule has 0 saturated carbocycles. The molecule has 0 aliphatic heterocycles. The second-order valence-corrected chi connectivity index (χ2v) is 4.17. The van der Waals surface area contributed by atoms with Crippen LogP contribution >= 0.6 is 15.9 Å². The highest BCUT2D eigenvalue weighted by Crippen LogP contribution is 2.21. The summed E-state index contributed by atoms with van der Waals surface area (Å²) in [5.74, 6) is 0. The SMILES string of the molecule is CCN(C)Cc1cccc(C)c1Br. The van der Waals surface area contributed by atoms with E-state index < -0.39 is 0 Å². The van der Waals surface area contributed by atoms with Crippen molar-refractivity contribution in [2.24, 2.45) is 0 Å². The third-order valence-electron chi connectivity index (χ3n) is 2.25. The first kappa shape index (κ1) is 10.7. The van der Waals surface area contributed by atoms with Gasteiger partial charge in [0.1, 0.15) is 0 Å². The van der Waals surface area contributed by atoms with Gasteiger partial charge >= 0.3 is 0 Å². The number of rotatable bonds is 3. The lowest BCUT2D eigenvalue weighted by Crippen LogP contribution is -2.17. The number of nitrogens with zero attached hydrogens (tertiary/aromatic N) is 1. The molecular formula is C11H16BrN. The lowest BCUT2D eigenvalue weighted by Gasteiger charge is -2.15. The summed E-state index contributed by atoms with van der Waals surface area (Å²) in [6.07, 6.45) is 0. The molecule has 0 radical (unpaired) electrons. The minimum Gasteiger partial charge on any atom is -0.302 e. The summed E-state index contributed by atoms with van der Waals surface area (Å²) in [7, 11) is 2.13. The van der Waals surface area contributed by atoms with E-state index in [9.17, 15) is 0 Å². The fourth-order valence-electron chi connectivity index (χ4n) is 1.23. The van der Waals surface area contributed by atoms with Crippen LogP contribution in [0.15, 0.2) is 22.7 Å². The van der Waals surface area contributed by atoms with Gasteiger partial charge in [0.2, 0.25) is 0 Å². The van der Waals surface area contributed by atoms with E-state index in [1.165, 1.54) is 15.6 Å². The van der Waals surface area contributed by atoms with Gasteiger partial charge in [-0.2, -0.15) is 0 Å². The maximum absolute atomic E-state index is 3.61. The third-order valence-corrected chi connectivity index (χ3v) is 3.39. The minimum absolute atomic E-state index is 1.01. The Morgan fingerprint density at radius 1 is 1.38 bits per heavy atom. The van der Waals surface area contributed by atoms with Crippen molar-refractivity contribution < 1.29 is 0 Å². The van der Waals surface area contributed by atoms with Crippen LogP contribution in [0.4, 0.5) is 0 Å². The number of hydrogen-bond donors (Lipinski definition) is 0. The highest BCUT2D eigenvalue weighted by Gasteiger charge is 2.03. The molecule has 1 nitrogen and oxygen atoms in total. The van der Waals surface area contributed by atoms with E-state index in [1.807, 2.05) is 0 Å². The van der Waals surface area contributed by atoms with Gasteiger partial charge in [-0.05, 0) is 31.6 Å². The maximum atomic E-state index is 3.61. The van der Waals surface area contributed by atoms with Gasteiger partial charge in [0.25, 0.3) is 0 Å². The molecule has 0 aromatic heterocycles. The third kappa shape index (κ3) is 2.82. The topological polar surface area (TPSA) is 3.24 Å². The van der Waals surface area contributed by atoms with Gasteiger partial charge in [-0.25, -0.2) is 0 Å². The van der Waals surface area contributed by atoms with Crippen LogP contribution in [-0.4, -0.2) is 18.5 Å². The Hall–Kier alpha value is -0.340.